The average Bonchev–Trinajstić information content (AvgIpc) is 2.12. The summed E-state index contributed by atoms with van der Waals surface area (Å²) in [5.41, 5.74) is 2.08. The molecule has 0 aromatic heterocycles. The summed E-state index contributed by atoms with van der Waals surface area (Å²) in [6.45, 7) is 2.05. The Labute approximate surface area is 90.0 Å². The molecule has 1 aliphatic heterocycles. The van der Waals surface area contributed by atoms with Gasteiger partial charge in [-0.25, -0.2) is 0 Å². The van der Waals surface area contributed by atoms with Crippen LogP contribution < -0.4 is 0 Å². The first-order valence-electron chi connectivity index (χ1n) is 4.10. The Balaban J connectivity index is 2.50. The van der Waals surface area contributed by atoms with Crippen LogP contribution >= 0.6 is 27.7 Å². The molecule has 0 saturated carbocycles. The SMILES string of the molecule is Cc1ccc2c(c1)SCC(Br)C2=O. The number of alkyl halides is 1. The van der Waals surface area contributed by atoms with E-state index in [1.165, 1.54) is 5.56 Å². The molecule has 1 atom stereocenters. The van der Waals surface area contributed by atoms with Crippen LogP contribution in [0.1, 0.15) is 15.9 Å². The van der Waals surface area contributed by atoms with Crippen LogP contribution in [0.3, 0.4) is 0 Å². The summed E-state index contributed by atoms with van der Waals surface area (Å²) in [5, 5.41) is 0. The highest BCUT2D eigenvalue weighted by Gasteiger charge is 2.25. The Hall–Kier alpha value is -0.280. The van der Waals surface area contributed by atoms with E-state index in [1.54, 1.807) is 11.8 Å². The Morgan fingerprint density at radius 2 is 2.31 bits per heavy atom. The minimum atomic E-state index is -0.00675. The molecule has 0 bridgehead atoms. The lowest BCUT2D eigenvalue weighted by molar-refractivity contribution is 0.0992. The van der Waals surface area contributed by atoms with E-state index in [1.807, 2.05) is 19.1 Å². The van der Waals surface area contributed by atoms with Crippen LogP contribution in [0.15, 0.2) is 23.1 Å². The van der Waals surface area contributed by atoms with E-state index >= 15 is 0 Å². The van der Waals surface area contributed by atoms with E-state index in [9.17, 15) is 4.79 Å². The average molecular weight is 257 g/mol. The fourth-order valence-electron chi connectivity index (χ4n) is 1.36. The quantitative estimate of drug-likeness (QED) is 0.664. The number of Topliss-reactive ketones (excluding diaryl/α,β-unsaturated/α-hetero) is 1. The smallest absolute Gasteiger partial charge is 0.178 e. The summed E-state index contributed by atoms with van der Waals surface area (Å²) >= 11 is 5.12. The molecule has 0 aliphatic carbocycles. The third-order valence-corrected chi connectivity index (χ3v) is 4.39. The van der Waals surface area contributed by atoms with E-state index in [2.05, 4.69) is 22.0 Å². The summed E-state index contributed by atoms with van der Waals surface area (Å²) < 4.78 is 0. The van der Waals surface area contributed by atoms with Crippen LogP contribution in [0.4, 0.5) is 0 Å². The standard InChI is InChI=1S/C10H9BrOS/c1-6-2-3-7-9(4-6)13-5-8(11)10(7)12/h2-4,8H,5H2,1H3. The van der Waals surface area contributed by atoms with Crippen molar-refractivity contribution in [1.29, 1.82) is 0 Å². The molecule has 0 radical (unpaired) electrons. The molecule has 0 spiro atoms. The molecule has 0 fully saturated rings. The van der Waals surface area contributed by atoms with Crippen molar-refractivity contribution in [2.75, 3.05) is 5.75 Å². The van der Waals surface area contributed by atoms with Gasteiger partial charge >= 0.3 is 0 Å². The number of halogens is 1. The number of aryl methyl sites for hydroxylation is 1. The third kappa shape index (κ3) is 1.67. The van der Waals surface area contributed by atoms with E-state index in [-0.39, 0.29) is 10.6 Å². The summed E-state index contributed by atoms with van der Waals surface area (Å²) in [7, 11) is 0. The van der Waals surface area contributed by atoms with Gasteiger partial charge in [0.1, 0.15) is 0 Å². The zero-order chi connectivity index (χ0) is 9.42. The first-order valence-corrected chi connectivity index (χ1v) is 6.00. The van der Waals surface area contributed by atoms with Gasteiger partial charge in [-0.1, -0.05) is 22.0 Å². The summed E-state index contributed by atoms with van der Waals surface area (Å²) in [6, 6.07) is 5.99. The second kappa shape index (κ2) is 3.46. The van der Waals surface area contributed by atoms with Gasteiger partial charge in [0, 0.05) is 16.2 Å². The maximum Gasteiger partial charge on any atom is 0.178 e. The molecule has 1 nitrogen and oxygen atoms in total. The predicted octanol–water partition coefficient (Wildman–Crippen LogP) is 3.05. The molecule has 1 aromatic rings. The second-order valence-corrected chi connectivity index (χ2v) is 5.31. The van der Waals surface area contributed by atoms with E-state index < -0.39 is 0 Å². The molecule has 1 heterocycles. The van der Waals surface area contributed by atoms with Gasteiger partial charge in [-0.05, 0) is 24.6 Å². The van der Waals surface area contributed by atoms with Crippen molar-refractivity contribution in [3.8, 4) is 0 Å². The van der Waals surface area contributed by atoms with E-state index in [0.717, 1.165) is 16.2 Å². The topological polar surface area (TPSA) is 17.1 Å². The molecular formula is C10H9BrOS. The Kier molecular flexibility index (Phi) is 2.47. The van der Waals surface area contributed by atoms with Crippen molar-refractivity contribution in [3.05, 3.63) is 29.3 Å². The van der Waals surface area contributed by atoms with Crippen LogP contribution in [0, 0.1) is 6.92 Å². The first-order chi connectivity index (χ1) is 6.18. The predicted molar refractivity (Wildman–Crippen MR) is 58.9 cm³/mol. The number of hydrogen-bond donors (Lipinski definition) is 0. The van der Waals surface area contributed by atoms with Crippen LogP contribution in [0.2, 0.25) is 0 Å². The maximum atomic E-state index is 11.7. The number of thioether (sulfide) groups is 1. The van der Waals surface area contributed by atoms with Gasteiger partial charge in [0.05, 0.1) is 4.83 Å². The van der Waals surface area contributed by atoms with Gasteiger partial charge in [-0.3, -0.25) is 4.79 Å². The van der Waals surface area contributed by atoms with Gasteiger partial charge in [0.25, 0.3) is 0 Å². The Bertz CT molecular complexity index is 362. The molecule has 0 N–H and O–H groups in total. The Morgan fingerprint density at radius 1 is 1.54 bits per heavy atom. The summed E-state index contributed by atoms with van der Waals surface area (Å²) in [6.07, 6.45) is 0. The van der Waals surface area contributed by atoms with Gasteiger partial charge in [0.2, 0.25) is 0 Å². The molecule has 1 aliphatic rings. The van der Waals surface area contributed by atoms with E-state index in [0.29, 0.717) is 0 Å². The minimum absolute atomic E-state index is 0.00675. The summed E-state index contributed by atoms with van der Waals surface area (Å²) in [5.74, 6) is 1.06. The number of fused-ring (bicyclic) bond motifs is 1. The molecule has 2 rings (SSSR count). The van der Waals surface area contributed by atoms with Crippen LogP contribution in [-0.2, 0) is 0 Å². The largest absolute Gasteiger partial charge is 0.293 e. The molecule has 0 saturated heterocycles. The number of benzene rings is 1. The monoisotopic (exact) mass is 256 g/mol. The third-order valence-electron chi connectivity index (χ3n) is 2.07. The highest BCUT2D eigenvalue weighted by atomic mass is 79.9. The number of rotatable bonds is 0. The Morgan fingerprint density at radius 3 is 3.08 bits per heavy atom. The van der Waals surface area contributed by atoms with Gasteiger partial charge < -0.3 is 0 Å². The van der Waals surface area contributed by atoms with Crippen molar-refractivity contribution < 1.29 is 4.79 Å². The lowest BCUT2D eigenvalue weighted by Crippen LogP contribution is -2.21. The van der Waals surface area contributed by atoms with Crippen molar-refractivity contribution in [2.45, 2.75) is 16.6 Å². The number of hydrogen-bond acceptors (Lipinski definition) is 2. The van der Waals surface area contributed by atoms with Crippen molar-refractivity contribution >= 4 is 33.5 Å². The van der Waals surface area contributed by atoms with Crippen LogP contribution in [0.25, 0.3) is 0 Å². The van der Waals surface area contributed by atoms with Gasteiger partial charge in [0.15, 0.2) is 5.78 Å². The summed E-state index contributed by atoms with van der Waals surface area (Å²) in [4.78, 5) is 12.8. The van der Waals surface area contributed by atoms with Crippen molar-refractivity contribution in [3.63, 3.8) is 0 Å². The maximum absolute atomic E-state index is 11.7. The molecule has 68 valence electrons. The number of ketones is 1. The highest BCUT2D eigenvalue weighted by molar-refractivity contribution is 9.10. The molecule has 13 heavy (non-hydrogen) atoms. The lowest BCUT2D eigenvalue weighted by Gasteiger charge is -2.18. The second-order valence-electron chi connectivity index (χ2n) is 3.14. The zero-order valence-electron chi connectivity index (χ0n) is 7.21. The number of carbonyl (C=O) groups excluding carboxylic acids is 1. The van der Waals surface area contributed by atoms with Crippen LogP contribution in [0.5, 0.6) is 0 Å². The molecule has 0 amide bonds. The minimum Gasteiger partial charge on any atom is -0.293 e. The molecule has 1 aromatic carbocycles. The molecular weight excluding hydrogens is 248 g/mol. The lowest BCUT2D eigenvalue weighted by atomic mass is 10.1. The molecule has 3 heteroatoms. The van der Waals surface area contributed by atoms with Crippen molar-refractivity contribution in [1.82, 2.24) is 0 Å². The highest BCUT2D eigenvalue weighted by Crippen LogP contribution is 2.33. The number of carbonyl (C=O) groups is 1. The normalized spacial score (nSPS) is 21.4. The van der Waals surface area contributed by atoms with Crippen LogP contribution in [-0.4, -0.2) is 16.4 Å². The van der Waals surface area contributed by atoms with Gasteiger partial charge in [-0.15, -0.1) is 11.8 Å². The fraction of sp³-hybridized carbons (Fsp3) is 0.300. The van der Waals surface area contributed by atoms with Gasteiger partial charge in [-0.2, -0.15) is 0 Å². The fourth-order valence-corrected chi connectivity index (χ4v) is 3.07. The van der Waals surface area contributed by atoms with E-state index in [4.69, 9.17) is 0 Å². The first kappa shape index (κ1) is 9.28. The van der Waals surface area contributed by atoms with Crippen molar-refractivity contribution in [2.24, 2.45) is 0 Å². The molecule has 1 unspecified atom stereocenters. The zero-order valence-corrected chi connectivity index (χ0v) is 9.61.